The first kappa shape index (κ1) is 17.3. The summed E-state index contributed by atoms with van der Waals surface area (Å²) in [5, 5.41) is 11.9. The van der Waals surface area contributed by atoms with Crippen LogP contribution in [-0.2, 0) is 11.3 Å². The summed E-state index contributed by atoms with van der Waals surface area (Å²) in [5.41, 5.74) is 1.50. The number of aromatic amines is 1. The lowest BCUT2D eigenvalue weighted by Crippen LogP contribution is -2.41. The molecule has 0 aliphatic carbocycles. The van der Waals surface area contributed by atoms with Crippen LogP contribution in [0.2, 0.25) is 0 Å². The van der Waals surface area contributed by atoms with Gasteiger partial charge in [-0.15, -0.1) is 5.10 Å². The lowest BCUT2D eigenvalue weighted by Gasteiger charge is -2.33. The Morgan fingerprint density at radius 2 is 2.00 bits per heavy atom. The van der Waals surface area contributed by atoms with Crippen molar-refractivity contribution in [3.05, 3.63) is 35.7 Å². The van der Waals surface area contributed by atoms with Crippen molar-refractivity contribution in [3.63, 3.8) is 0 Å². The lowest BCUT2D eigenvalue weighted by atomic mass is 9.94. The zero-order valence-corrected chi connectivity index (χ0v) is 15.5. The van der Waals surface area contributed by atoms with Gasteiger partial charge in [0.25, 0.3) is 0 Å². The molecule has 146 valence electrons. The van der Waals surface area contributed by atoms with E-state index in [1.54, 1.807) is 10.7 Å². The number of nitrogens with one attached hydrogen (secondary N) is 1. The average molecular weight is 383 g/mol. The quantitative estimate of drug-likeness (QED) is 0.733. The summed E-state index contributed by atoms with van der Waals surface area (Å²) in [7, 11) is 0. The predicted molar refractivity (Wildman–Crippen MR) is 99.0 cm³/mol. The highest BCUT2D eigenvalue weighted by atomic mass is 19.1. The Bertz CT molecular complexity index is 1000. The van der Waals surface area contributed by atoms with Crippen LogP contribution < -0.4 is 0 Å². The maximum atomic E-state index is 13.4. The van der Waals surface area contributed by atoms with Crippen LogP contribution in [0.3, 0.4) is 0 Å². The zero-order valence-electron chi connectivity index (χ0n) is 15.5. The molecule has 2 aliphatic rings. The molecule has 0 bridgehead atoms. The van der Waals surface area contributed by atoms with Crippen molar-refractivity contribution in [2.75, 3.05) is 13.1 Å². The summed E-state index contributed by atoms with van der Waals surface area (Å²) in [6.45, 7) is 2.15. The first-order valence-corrected chi connectivity index (χ1v) is 9.89. The zero-order chi connectivity index (χ0) is 19.1. The van der Waals surface area contributed by atoms with Crippen LogP contribution in [0.1, 0.15) is 55.6 Å². The summed E-state index contributed by atoms with van der Waals surface area (Å²) in [5.74, 6) is 1.44. The second kappa shape index (κ2) is 6.96. The number of rotatable bonds is 2. The van der Waals surface area contributed by atoms with Gasteiger partial charge < -0.3 is 9.88 Å². The maximum absolute atomic E-state index is 13.4. The molecule has 1 aromatic carbocycles. The van der Waals surface area contributed by atoms with Crippen molar-refractivity contribution in [2.45, 2.75) is 50.5 Å². The molecule has 1 N–H and O–H groups in total. The van der Waals surface area contributed by atoms with Crippen LogP contribution in [0, 0.1) is 5.82 Å². The molecule has 0 spiro atoms. The Morgan fingerprint density at radius 3 is 2.86 bits per heavy atom. The third-order valence-electron chi connectivity index (χ3n) is 5.94. The van der Waals surface area contributed by atoms with Gasteiger partial charge in [0, 0.05) is 25.6 Å². The van der Waals surface area contributed by atoms with Crippen LogP contribution in [0.25, 0.3) is 11.0 Å². The summed E-state index contributed by atoms with van der Waals surface area (Å²) < 4.78 is 15.2. The number of aromatic nitrogens is 6. The molecule has 1 unspecified atom stereocenters. The van der Waals surface area contributed by atoms with Gasteiger partial charge in [-0.1, -0.05) is 6.42 Å². The molecule has 4 heterocycles. The molecule has 0 radical (unpaired) electrons. The Hall–Kier alpha value is -2.84. The molecular formula is C19H22FN7O. The van der Waals surface area contributed by atoms with Crippen LogP contribution in [0.15, 0.2) is 18.2 Å². The average Bonchev–Trinajstić information content (AvgIpc) is 3.30. The molecule has 1 amide bonds. The van der Waals surface area contributed by atoms with Crippen LogP contribution in [-0.4, -0.2) is 54.1 Å². The van der Waals surface area contributed by atoms with E-state index in [0.29, 0.717) is 18.9 Å². The van der Waals surface area contributed by atoms with Crippen LogP contribution in [0.5, 0.6) is 0 Å². The van der Waals surface area contributed by atoms with E-state index in [9.17, 15) is 9.18 Å². The van der Waals surface area contributed by atoms with E-state index in [0.717, 1.165) is 55.5 Å². The molecule has 1 atom stereocenters. The fourth-order valence-electron chi connectivity index (χ4n) is 4.38. The molecule has 3 aromatic rings. The van der Waals surface area contributed by atoms with Gasteiger partial charge in [0.15, 0.2) is 5.82 Å². The van der Waals surface area contributed by atoms with Gasteiger partial charge >= 0.3 is 0 Å². The molecule has 9 heteroatoms. The fraction of sp³-hybridized carbons (Fsp3) is 0.526. The van der Waals surface area contributed by atoms with E-state index < -0.39 is 0 Å². The number of nitrogens with zero attached hydrogens (tertiary/aromatic N) is 6. The SMILES string of the molecule is O=C(C1CCCCn2nnnc21)N1CCC(c2nc3ccc(F)cc3[nH]2)CC1. The molecule has 2 aromatic heterocycles. The third kappa shape index (κ3) is 3.04. The number of carbonyl (C=O) groups excluding carboxylic acids is 1. The first-order valence-electron chi connectivity index (χ1n) is 9.89. The van der Waals surface area contributed by atoms with Crippen molar-refractivity contribution in [3.8, 4) is 0 Å². The highest BCUT2D eigenvalue weighted by molar-refractivity contribution is 5.83. The number of imidazole rings is 1. The second-order valence-corrected chi connectivity index (χ2v) is 7.69. The molecule has 5 rings (SSSR count). The summed E-state index contributed by atoms with van der Waals surface area (Å²) in [6.07, 6.45) is 4.47. The first-order chi connectivity index (χ1) is 13.7. The molecule has 1 fully saturated rings. The van der Waals surface area contributed by atoms with Gasteiger partial charge in [-0.3, -0.25) is 4.79 Å². The van der Waals surface area contributed by atoms with Crippen molar-refractivity contribution >= 4 is 16.9 Å². The van der Waals surface area contributed by atoms with E-state index in [2.05, 4.69) is 25.5 Å². The number of piperidine rings is 1. The Morgan fingerprint density at radius 1 is 1.14 bits per heavy atom. The number of amides is 1. The fourth-order valence-corrected chi connectivity index (χ4v) is 4.38. The molecule has 28 heavy (non-hydrogen) atoms. The maximum Gasteiger partial charge on any atom is 0.233 e. The Labute approximate surface area is 161 Å². The Kier molecular flexibility index (Phi) is 4.29. The van der Waals surface area contributed by atoms with E-state index in [4.69, 9.17) is 0 Å². The Balaban J connectivity index is 1.28. The smallest absolute Gasteiger partial charge is 0.233 e. The highest BCUT2D eigenvalue weighted by Gasteiger charge is 2.34. The number of benzene rings is 1. The topological polar surface area (TPSA) is 92.6 Å². The molecular weight excluding hydrogens is 361 g/mol. The monoisotopic (exact) mass is 383 g/mol. The number of aryl methyl sites for hydroxylation is 1. The number of H-pyrrole nitrogens is 1. The molecule has 0 saturated carbocycles. The van der Waals surface area contributed by atoms with Gasteiger partial charge in [-0.25, -0.2) is 14.1 Å². The van der Waals surface area contributed by atoms with Crippen molar-refractivity contribution in [1.82, 2.24) is 35.1 Å². The largest absolute Gasteiger partial charge is 0.342 e. The van der Waals surface area contributed by atoms with Gasteiger partial charge in [0.05, 0.1) is 17.0 Å². The molecule has 1 saturated heterocycles. The summed E-state index contributed by atoms with van der Waals surface area (Å²) in [6, 6.07) is 4.59. The van der Waals surface area contributed by atoms with E-state index in [1.165, 1.54) is 12.1 Å². The van der Waals surface area contributed by atoms with E-state index in [-0.39, 0.29) is 23.6 Å². The minimum atomic E-state index is -0.270. The number of tetrazole rings is 1. The number of hydrogen-bond donors (Lipinski definition) is 1. The predicted octanol–water partition coefficient (Wildman–Crippen LogP) is 2.36. The molecule has 2 aliphatic heterocycles. The summed E-state index contributed by atoms with van der Waals surface area (Å²) in [4.78, 5) is 22.9. The third-order valence-corrected chi connectivity index (χ3v) is 5.94. The van der Waals surface area contributed by atoms with E-state index >= 15 is 0 Å². The second-order valence-electron chi connectivity index (χ2n) is 7.69. The number of likely N-dealkylation sites (tertiary alicyclic amines) is 1. The van der Waals surface area contributed by atoms with Crippen LogP contribution >= 0.6 is 0 Å². The van der Waals surface area contributed by atoms with Crippen molar-refractivity contribution < 1.29 is 9.18 Å². The number of fused-ring (bicyclic) bond motifs is 2. The van der Waals surface area contributed by atoms with Gasteiger partial charge in [0.1, 0.15) is 11.6 Å². The van der Waals surface area contributed by atoms with Gasteiger partial charge in [-0.05, 0) is 54.3 Å². The van der Waals surface area contributed by atoms with E-state index in [1.807, 2.05) is 4.90 Å². The minimum absolute atomic E-state index is 0.128. The normalized spacial score (nSPS) is 20.9. The van der Waals surface area contributed by atoms with Gasteiger partial charge in [-0.2, -0.15) is 0 Å². The highest BCUT2D eigenvalue weighted by Crippen LogP contribution is 2.31. The minimum Gasteiger partial charge on any atom is -0.342 e. The lowest BCUT2D eigenvalue weighted by molar-refractivity contribution is -0.134. The number of halogens is 1. The van der Waals surface area contributed by atoms with Crippen molar-refractivity contribution in [1.29, 1.82) is 0 Å². The van der Waals surface area contributed by atoms with Gasteiger partial charge in [0.2, 0.25) is 5.91 Å². The standard InChI is InChI=1S/C19H22FN7O/c20-13-4-5-15-16(11-13)22-17(21-15)12-6-9-26(10-7-12)19(28)14-3-1-2-8-27-18(14)23-24-25-27/h4-5,11-12,14H,1-3,6-10H2,(H,21,22). The number of carbonyl (C=O) groups is 1. The number of hydrogen-bond acceptors (Lipinski definition) is 5. The van der Waals surface area contributed by atoms with Crippen molar-refractivity contribution in [2.24, 2.45) is 0 Å². The molecule has 8 nitrogen and oxygen atoms in total. The van der Waals surface area contributed by atoms with Crippen LogP contribution in [0.4, 0.5) is 4.39 Å². The summed E-state index contributed by atoms with van der Waals surface area (Å²) >= 11 is 0.